The maximum atomic E-state index is 12.8. The number of nitrogens with one attached hydrogen (secondary N) is 1. The van der Waals surface area contributed by atoms with Crippen LogP contribution in [0.2, 0.25) is 0 Å². The number of hydrogen-bond donors (Lipinski definition) is 1. The van der Waals surface area contributed by atoms with Gasteiger partial charge in [-0.15, -0.1) is 0 Å². The van der Waals surface area contributed by atoms with E-state index in [0.717, 1.165) is 5.56 Å². The Morgan fingerprint density at radius 2 is 1.68 bits per heavy atom. The van der Waals surface area contributed by atoms with Crippen molar-refractivity contribution in [2.45, 2.75) is 57.5 Å². The molecule has 0 aromatic heterocycles. The molecule has 0 saturated carbocycles. The van der Waals surface area contributed by atoms with E-state index in [1.54, 1.807) is 37.9 Å². The summed E-state index contributed by atoms with van der Waals surface area (Å²) in [5.41, 5.74) is 2.69. The predicted octanol–water partition coefficient (Wildman–Crippen LogP) is 3.94. The quantitative estimate of drug-likeness (QED) is 0.796. The van der Waals surface area contributed by atoms with Gasteiger partial charge in [0.2, 0.25) is 10.0 Å². The van der Waals surface area contributed by atoms with Gasteiger partial charge in [-0.05, 0) is 48.6 Å². The van der Waals surface area contributed by atoms with E-state index in [0.29, 0.717) is 12.1 Å². The minimum absolute atomic E-state index is 0.0796. The summed E-state index contributed by atoms with van der Waals surface area (Å²) in [5.74, 6) is -0.221. The first-order chi connectivity index (χ1) is 12.9. The third-order valence-electron chi connectivity index (χ3n) is 4.37. The molecule has 0 aliphatic heterocycles. The number of rotatable bonds is 6. The zero-order valence-corrected chi connectivity index (χ0v) is 18.3. The molecule has 0 spiro atoms. The van der Waals surface area contributed by atoms with Crippen LogP contribution in [0.1, 0.15) is 56.1 Å². The largest absolute Gasteiger partial charge is 0.337 e. The lowest BCUT2D eigenvalue weighted by Gasteiger charge is -2.21. The summed E-state index contributed by atoms with van der Waals surface area (Å²) in [7, 11) is -1.92. The lowest BCUT2D eigenvalue weighted by molar-refractivity contribution is 0.0785. The fourth-order valence-electron chi connectivity index (χ4n) is 2.85. The molecule has 2 aromatic carbocycles. The lowest BCUT2D eigenvalue weighted by Crippen LogP contribution is -2.31. The van der Waals surface area contributed by atoms with E-state index in [9.17, 15) is 13.2 Å². The summed E-state index contributed by atoms with van der Waals surface area (Å²) in [6, 6.07) is 14.1. The van der Waals surface area contributed by atoms with E-state index >= 15 is 0 Å². The number of carbonyl (C=O) groups excluding carboxylic acids is 1. The average Bonchev–Trinajstić information content (AvgIpc) is 2.60. The Balaban J connectivity index is 2.16. The van der Waals surface area contributed by atoms with Crippen molar-refractivity contribution in [3.63, 3.8) is 0 Å². The topological polar surface area (TPSA) is 66.5 Å². The molecule has 0 unspecified atom stereocenters. The molecule has 1 amide bonds. The molecule has 2 rings (SSSR count). The van der Waals surface area contributed by atoms with E-state index in [4.69, 9.17) is 0 Å². The second-order valence-electron chi connectivity index (χ2n) is 8.41. The zero-order chi connectivity index (χ0) is 21.1. The van der Waals surface area contributed by atoms with Crippen molar-refractivity contribution in [3.8, 4) is 0 Å². The molecule has 0 atom stereocenters. The maximum Gasteiger partial charge on any atom is 0.253 e. The van der Waals surface area contributed by atoms with Gasteiger partial charge in [-0.25, -0.2) is 13.1 Å². The minimum Gasteiger partial charge on any atom is -0.337 e. The second-order valence-corrected chi connectivity index (χ2v) is 10.1. The highest BCUT2D eigenvalue weighted by Gasteiger charge is 2.19. The lowest BCUT2D eigenvalue weighted by atomic mass is 9.87. The van der Waals surface area contributed by atoms with Gasteiger partial charge in [-0.2, -0.15) is 0 Å². The van der Waals surface area contributed by atoms with Crippen LogP contribution in [0.3, 0.4) is 0 Å². The fourth-order valence-corrected chi connectivity index (χ4v) is 4.15. The molecular formula is C22H30N2O3S. The molecule has 5 nitrogen and oxygen atoms in total. The third-order valence-corrected chi connectivity index (χ3v) is 6.02. The molecule has 28 heavy (non-hydrogen) atoms. The molecular weight excluding hydrogens is 372 g/mol. The Hall–Kier alpha value is -2.18. The van der Waals surface area contributed by atoms with Crippen molar-refractivity contribution in [1.29, 1.82) is 0 Å². The van der Waals surface area contributed by atoms with Crippen molar-refractivity contribution in [2.75, 3.05) is 7.05 Å². The maximum absolute atomic E-state index is 12.8. The number of nitrogens with zero attached hydrogens (tertiary/aromatic N) is 1. The Kier molecular flexibility index (Phi) is 6.67. The monoisotopic (exact) mass is 402 g/mol. The van der Waals surface area contributed by atoms with Crippen LogP contribution in [-0.2, 0) is 22.0 Å². The van der Waals surface area contributed by atoms with Gasteiger partial charge in [0.15, 0.2) is 0 Å². The van der Waals surface area contributed by atoms with Gasteiger partial charge in [0.05, 0.1) is 4.90 Å². The van der Waals surface area contributed by atoms with Gasteiger partial charge in [-0.3, -0.25) is 4.79 Å². The Morgan fingerprint density at radius 1 is 1.07 bits per heavy atom. The smallest absolute Gasteiger partial charge is 0.253 e. The SMILES string of the molecule is CC(C)NS(=O)(=O)c1cccc(C(=O)N(C)Cc2ccc(C(C)(C)C)cc2)c1. The molecule has 2 aromatic rings. The molecule has 0 heterocycles. The molecule has 0 radical (unpaired) electrons. The molecule has 0 saturated heterocycles. The van der Waals surface area contributed by atoms with E-state index in [-0.39, 0.29) is 22.3 Å². The summed E-state index contributed by atoms with van der Waals surface area (Å²) in [6.07, 6.45) is 0. The highest BCUT2D eigenvalue weighted by Crippen LogP contribution is 2.22. The fraction of sp³-hybridized carbons (Fsp3) is 0.409. The van der Waals surface area contributed by atoms with Gasteiger partial charge in [0.25, 0.3) is 5.91 Å². The summed E-state index contributed by atoms with van der Waals surface area (Å²) in [6.45, 7) is 10.4. The van der Waals surface area contributed by atoms with Crippen LogP contribution >= 0.6 is 0 Å². The number of benzene rings is 2. The Morgan fingerprint density at radius 3 is 2.21 bits per heavy atom. The average molecular weight is 403 g/mol. The van der Waals surface area contributed by atoms with E-state index in [1.807, 2.05) is 12.1 Å². The first-order valence-corrected chi connectivity index (χ1v) is 10.9. The van der Waals surface area contributed by atoms with Gasteiger partial charge in [-0.1, -0.05) is 51.1 Å². The predicted molar refractivity (Wildman–Crippen MR) is 113 cm³/mol. The highest BCUT2D eigenvalue weighted by atomic mass is 32.2. The van der Waals surface area contributed by atoms with Crippen LogP contribution in [0.4, 0.5) is 0 Å². The van der Waals surface area contributed by atoms with Gasteiger partial charge >= 0.3 is 0 Å². The molecule has 0 fully saturated rings. The van der Waals surface area contributed by atoms with Crippen molar-refractivity contribution in [3.05, 3.63) is 65.2 Å². The van der Waals surface area contributed by atoms with E-state index < -0.39 is 10.0 Å². The number of sulfonamides is 1. The Bertz CT molecular complexity index is 927. The van der Waals surface area contributed by atoms with Gasteiger partial charge in [0.1, 0.15) is 0 Å². The normalized spacial score (nSPS) is 12.2. The van der Waals surface area contributed by atoms with Crippen molar-refractivity contribution >= 4 is 15.9 Å². The van der Waals surface area contributed by atoms with Crippen LogP contribution in [0.25, 0.3) is 0 Å². The first-order valence-electron chi connectivity index (χ1n) is 9.37. The second kappa shape index (κ2) is 8.45. The van der Waals surface area contributed by atoms with Gasteiger partial charge in [0, 0.05) is 25.2 Å². The molecule has 0 aliphatic rings. The summed E-state index contributed by atoms with van der Waals surface area (Å²) >= 11 is 0. The first kappa shape index (κ1) is 22.1. The standard InChI is InChI=1S/C22H30N2O3S/c1-16(2)23-28(26,27)20-9-7-8-18(14-20)21(25)24(6)15-17-10-12-19(13-11-17)22(3,4)5/h7-14,16,23H,15H2,1-6H3. The van der Waals surface area contributed by atoms with E-state index in [2.05, 4.69) is 37.6 Å². The van der Waals surface area contributed by atoms with Crippen molar-refractivity contribution in [2.24, 2.45) is 0 Å². The molecule has 1 N–H and O–H groups in total. The molecule has 0 bridgehead atoms. The third kappa shape index (κ3) is 5.66. The van der Waals surface area contributed by atoms with Crippen LogP contribution in [-0.4, -0.2) is 32.3 Å². The van der Waals surface area contributed by atoms with Crippen LogP contribution in [0.15, 0.2) is 53.4 Å². The van der Waals surface area contributed by atoms with Crippen LogP contribution in [0, 0.1) is 0 Å². The van der Waals surface area contributed by atoms with Crippen molar-refractivity contribution in [1.82, 2.24) is 9.62 Å². The van der Waals surface area contributed by atoms with Gasteiger partial charge < -0.3 is 4.90 Å². The molecule has 152 valence electrons. The molecule has 0 aliphatic carbocycles. The molecule has 6 heteroatoms. The van der Waals surface area contributed by atoms with Crippen LogP contribution in [0.5, 0.6) is 0 Å². The number of amides is 1. The summed E-state index contributed by atoms with van der Waals surface area (Å²) < 4.78 is 27.2. The van der Waals surface area contributed by atoms with Crippen LogP contribution < -0.4 is 4.72 Å². The Labute approximate surface area is 168 Å². The number of hydrogen-bond acceptors (Lipinski definition) is 3. The summed E-state index contributed by atoms with van der Waals surface area (Å²) in [5, 5.41) is 0. The summed E-state index contributed by atoms with van der Waals surface area (Å²) in [4.78, 5) is 14.5. The van der Waals surface area contributed by atoms with Crippen molar-refractivity contribution < 1.29 is 13.2 Å². The zero-order valence-electron chi connectivity index (χ0n) is 17.5. The number of carbonyl (C=O) groups is 1. The highest BCUT2D eigenvalue weighted by molar-refractivity contribution is 7.89. The van der Waals surface area contributed by atoms with E-state index in [1.165, 1.54) is 17.7 Å². The minimum atomic E-state index is -3.64.